The van der Waals surface area contributed by atoms with Crippen molar-refractivity contribution >= 4 is 16.6 Å². The van der Waals surface area contributed by atoms with E-state index in [-0.39, 0.29) is 5.72 Å². The molecule has 1 aromatic heterocycles. The fourth-order valence-corrected chi connectivity index (χ4v) is 4.32. The van der Waals surface area contributed by atoms with Gasteiger partial charge in [0.25, 0.3) is 0 Å². The van der Waals surface area contributed by atoms with Crippen molar-refractivity contribution < 1.29 is 4.84 Å². The molecule has 0 radical (unpaired) electrons. The summed E-state index contributed by atoms with van der Waals surface area (Å²) >= 11 is 0. The van der Waals surface area contributed by atoms with E-state index >= 15 is 0 Å². The number of amidine groups is 1. The highest BCUT2D eigenvalue weighted by Gasteiger charge is 2.56. The van der Waals surface area contributed by atoms with Gasteiger partial charge in [0.05, 0.1) is 6.54 Å². The number of rotatable bonds is 1. The Balaban J connectivity index is 1.51. The molecule has 1 unspecified atom stereocenters. The molecule has 5 heteroatoms. The van der Waals surface area contributed by atoms with Crippen LogP contribution in [0.4, 0.5) is 0 Å². The standard InChI is InChI=1S/C18H20N4O/c1-21-17(16-10-13-4-2-3-5-14(13)11-19-16)20-23-18(21)12-22-8-6-15(18)7-9-22/h2-5,10-11,15H,6-9,12H2,1H3. The third-order valence-electron chi connectivity index (χ3n) is 5.71. The minimum Gasteiger partial charge on any atom is -0.363 e. The van der Waals surface area contributed by atoms with E-state index < -0.39 is 0 Å². The van der Waals surface area contributed by atoms with Crippen molar-refractivity contribution in [3.63, 3.8) is 0 Å². The van der Waals surface area contributed by atoms with Crippen molar-refractivity contribution in [2.45, 2.75) is 18.6 Å². The fourth-order valence-electron chi connectivity index (χ4n) is 4.32. The lowest BCUT2D eigenvalue weighted by Gasteiger charge is -2.52. The van der Waals surface area contributed by atoms with E-state index in [2.05, 4.69) is 51.3 Å². The maximum absolute atomic E-state index is 6.04. The number of fused-ring (bicyclic) bond motifs is 3. The molecule has 2 aromatic rings. The van der Waals surface area contributed by atoms with Gasteiger partial charge in [-0.1, -0.05) is 29.4 Å². The van der Waals surface area contributed by atoms with Crippen LogP contribution in [0.15, 0.2) is 41.7 Å². The highest BCUT2D eigenvalue weighted by atomic mass is 16.7. The van der Waals surface area contributed by atoms with Crippen molar-refractivity contribution in [1.29, 1.82) is 0 Å². The van der Waals surface area contributed by atoms with Crippen LogP contribution in [0.5, 0.6) is 0 Å². The monoisotopic (exact) mass is 308 g/mol. The number of benzene rings is 1. The maximum Gasteiger partial charge on any atom is 0.226 e. The number of likely N-dealkylation sites (N-methyl/N-ethyl adjacent to an activating group) is 1. The molecular weight excluding hydrogens is 288 g/mol. The van der Waals surface area contributed by atoms with Crippen LogP contribution in [0.25, 0.3) is 10.8 Å². The van der Waals surface area contributed by atoms with Gasteiger partial charge in [-0.2, -0.15) is 0 Å². The van der Waals surface area contributed by atoms with Crippen molar-refractivity contribution in [1.82, 2.24) is 14.8 Å². The van der Waals surface area contributed by atoms with E-state index in [1.54, 1.807) is 0 Å². The second-order valence-electron chi connectivity index (χ2n) is 6.88. The summed E-state index contributed by atoms with van der Waals surface area (Å²) in [5.74, 6) is 1.41. The molecular formula is C18H20N4O. The molecule has 1 spiro atoms. The van der Waals surface area contributed by atoms with E-state index in [1.807, 2.05) is 12.3 Å². The molecule has 0 aliphatic carbocycles. The molecule has 5 nitrogen and oxygen atoms in total. The number of piperidine rings is 3. The predicted octanol–water partition coefficient (Wildman–Crippen LogP) is 2.28. The average Bonchev–Trinajstić information content (AvgIpc) is 2.92. The lowest BCUT2D eigenvalue weighted by molar-refractivity contribution is -0.190. The molecule has 0 amide bonds. The minimum absolute atomic E-state index is 0.293. The molecule has 4 aliphatic heterocycles. The van der Waals surface area contributed by atoms with E-state index in [0.717, 1.165) is 23.5 Å². The Labute approximate surface area is 135 Å². The first-order valence-corrected chi connectivity index (χ1v) is 8.34. The molecule has 1 atom stereocenters. The summed E-state index contributed by atoms with van der Waals surface area (Å²) < 4.78 is 0. The Kier molecular flexibility index (Phi) is 2.71. The normalized spacial score (nSPS) is 32.4. The Morgan fingerprint density at radius 3 is 2.70 bits per heavy atom. The van der Waals surface area contributed by atoms with Crippen LogP contribution in [0, 0.1) is 5.92 Å². The maximum atomic E-state index is 6.04. The molecule has 118 valence electrons. The lowest BCUT2D eigenvalue weighted by Crippen LogP contribution is -2.65. The van der Waals surface area contributed by atoms with Crippen LogP contribution in [-0.4, -0.2) is 53.0 Å². The van der Waals surface area contributed by atoms with Gasteiger partial charge in [-0.15, -0.1) is 0 Å². The van der Waals surface area contributed by atoms with E-state index in [4.69, 9.17) is 4.84 Å². The summed E-state index contributed by atoms with van der Waals surface area (Å²) in [6, 6.07) is 10.4. The van der Waals surface area contributed by atoms with Gasteiger partial charge < -0.3 is 9.74 Å². The largest absolute Gasteiger partial charge is 0.363 e. The highest BCUT2D eigenvalue weighted by Crippen LogP contribution is 2.43. The summed E-state index contributed by atoms with van der Waals surface area (Å²) in [7, 11) is 2.10. The van der Waals surface area contributed by atoms with Crippen LogP contribution in [0.1, 0.15) is 18.5 Å². The summed E-state index contributed by atoms with van der Waals surface area (Å²) in [6.45, 7) is 3.31. The van der Waals surface area contributed by atoms with Gasteiger partial charge in [0.15, 0.2) is 5.84 Å². The average molecular weight is 308 g/mol. The molecule has 0 N–H and O–H groups in total. The summed E-state index contributed by atoms with van der Waals surface area (Å²) in [4.78, 5) is 15.4. The zero-order chi connectivity index (χ0) is 15.4. The van der Waals surface area contributed by atoms with Gasteiger partial charge in [0.1, 0.15) is 5.69 Å². The zero-order valence-electron chi connectivity index (χ0n) is 13.3. The predicted molar refractivity (Wildman–Crippen MR) is 89.0 cm³/mol. The van der Waals surface area contributed by atoms with Crippen LogP contribution >= 0.6 is 0 Å². The lowest BCUT2D eigenvalue weighted by atomic mass is 9.80. The highest BCUT2D eigenvalue weighted by molar-refractivity contribution is 6.00. The fraction of sp³-hybridized carbons (Fsp3) is 0.444. The van der Waals surface area contributed by atoms with Crippen LogP contribution in [-0.2, 0) is 4.84 Å². The zero-order valence-corrected chi connectivity index (χ0v) is 13.3. The van der Waals surface area contributed by atoms with E-state index in [1.165, 1.54) is 31.3 Å². The van der Waals surface area contributed by atoms with Gasteiger partial charge >= 0.3 is 0 Å². The first-order valence-electron chi connectivity index (χ1n) is 8.34. The second kappa shape index (κ2) is 4.68. The molecule has 3 saturated heterocycles. The molecule has 2 bridgehead atoms. The minimum atomic E-state index is -0.293. The number of nitrogens with zero attached hydrogens (tertiary/aromatic N) is 4. The Morgan fingerprint density at radius 1 is 1.17 bits per heavy atom. The number of aromatic nitrogens is 1. The first kappa shape index (κ1) is 13.3. The number of oxime groups is 1. The molecule has 6 rings (SSSR count). The van der Waals surface area contributed by atoms with E-state index in [9.17, 15) is 0 Å². The Bertz CT molecular complexity index is 796. The first-order chi connectivity index (χ1) is 11.3. The van der Waals surface area contributed by atoms with Crippen molar-refractivity contribution in [3.05, 3.63) is 42.2 Å². The van der Waals surface area contributed by atoms with Gasteiger partial charge in [-0.25, -0.2) is 0 Å². The smallest absolute Gasteiger partial charge is 0.226 e. The van der Waals surface area contributed by atoms with Crippen molar-refractivity contribution in [2.24, 2.45) is 11.1 Å². The van der Waals surface area contributed by atoms with Crippen LogP contribution < -0.4 is 0 Å². The summed E-state index contributed by atoms with van der Waals surface area (Å²) in [5.41, 5.74) is 0.596. The van der Waals surface area contributed by atoms with Crippen LogP contribution in [0.2, 0.25) is 0 Å². The van der Waals surface area contributed by atoms with E-state index in [0.29, 0.717) is 5.92 Å². The number of hydrogen-bond donors (Lipinski definition) is 0. The molecule has 3 fully saturated rings. The molecule has 23 heavy (non-hydrogen) atoms. The molecule has 4 aliphatic rings. The topological polar surface area (TPSA) is 41.0 Å². The molecule has 0 saturated carbocycles. The molecule has 1 aromatic carbocycles. The van der Waals surface area contributed by atoms with Crippen molar-refractivity contribution in [2.75, 3.05) is 26.7 Å². The summed E-state index contributed by atoms with van der Waals surface area (Å²) in [6.07, 6.45) is 4.30. The number of hydrogen-bond acceptors (Lipinski definition) is 5. The molecule has 5 heterocycles. The van der Waals surface area contributed by atoms with Gasteiger partial charge in [-0.05, 0) is 37.4 Å². The quantitative estimate of drug-likeness (QED) is 0.810. The van der Waals surface area contributed by atoms with Crippen LogP contribution in [0.3, 0.4) is 0 Å². The SMILES string of the molecule is CN1C(c2cc3ccccc3cn2)=NOC12CN1CCC2CC1. The number of pyridine rings is 1. The van der Waals surface area contributed by atoms with Gasteiger partial charge in [-0.3, -0.25) is 9.88 Å². The Hall–Kier alpha value is -2.14. The second-order valence-corrected chi connectivity index (χ2v) is 6.88. The van der Waals surface area contributed by atoms with Gasteiger partial charge in [0.2, 0.25) is 5.72 Å². The third-order valence-corrected chi connectivity index (χ3v) is 5.71. The summed E-state index contributed by atoms with van der Waals surface area (Å²) in [5, 5.41) is 6.78. The third kappa shape index (κ3) is 1.83. The Morgan fingerprint density at radius 2 is 1.96 bits per heavy atom. The van der Waals surface area contributed by atoms with Gasteiger partial charge in [0, 0.05) is 24.5 Å². The van der Waals surface area contributed by atoms with Crippen molar-refractivity contribution in [3.8, 4) is 0 Å².